The summed E-state index contributed by atoms with van der Waals surface area (Å²) in [5.41, 5.74) is 13.5. The zero-order valence-corrected chi connectivity index (χ0v) is 30.7. The number of benzene rings is 7. The molecule has 0 saturated heterocycles. The van der Waals surface area contributed by atoms with Crippen LogP contribution in [-0.4, -0.2) is 19.9 Å². The molecule has 11 rings (SSSR count). The zero-order chi connectivity index (χ0) is 37.7. The van der Waals surface area contributed by atoms with Crippen LogP contribution in [0.5, 0.6) is 0 Å². The molecule has 57 heavy (non-hydrogen) atoms. The van der Waals surface area contributed by atoms with Crippen molar-refractivity contribution >= 4 is 43.6 Å². The van der Waals surface area contributed by atoms with E-state index in [-0.39, 0.29) is 0 Å². The van der Waals surface area contributed by atoms with Crippen molar-refractivity contribution < 1.29 is 4.42 Å². The van der Waals surface area contributed by atoms with Gasteiger partial charge >= 0.3 is 0 Å². The third-order valence-electron chi connectivity index (χ3n) is 10.7. The molecular formula is C52H32N4O. The Morgan fingerprint density at radius 2 is 0.982 bits per heavy atom. The minimum atomic E-state index is 0.651. The molecule has 0 spiro atoms. The molecule has 0 unspecified atom stereocenters. The Kier molecular flexibility index (Phi) is 7.74. The van der Waals surface area contributed by atoms with Crippen LogP contribution in [0.1, 0.15) is 0 Å². The van der Waals surface area contributed by atoms with Crippen molar-refractivity contribution in [1.29, 1.82) is 0 Å². The highest BCUT2D eigenvalue weighted by atomic mass is 16.3. The van der Waals surface area contributed by atoms with Crippen LogP contribution in [0.25, 0.3) is 111 Å². The molecule has 0 N–H and O–H groups in total. The van der Waals surface area contributed by atoms with Gasteiger partial charge in [-0.15, -0.1) is 0 Å². The lowest BCUT2D eigenvalue weighted by atomic mass is 9.95. The molecule has 0 aliphatic rings. The standard InChI is InChI=1S/C52H32N4O/c1-2-12-33(13-3-1)37-15-11-17-39(31-37)52-55-46(32-47(56-52)45-21-8-9-29-53-45)35-25-23-34(24-26-35)36-14-10-16-38(30-36)50-43-28-27-41-40-18-5-7-22-48(40)57-51(41)49(43)42-19-4-6-20-44(42)54-50/h1-32H. The summed E-state index contributed by atoms with van der Waals surface area (Å²) in [6.45, 7) is 0. The third kappa shape index (κ3) is 5.81. The predicted octanol–water partition coefficient (Wildman–Crippen LogP) is 13.5. The van der Waals surface area contributed by atoms with Crippen molar-refractivity contribution in [3.8, 4) is 67.5 Å². The third-order valence-corrected chi connectivity index (χ3v) is 10.7. The van der Waals surface area contributed by atoms with Gasteiger partial charge in [-0.3, -0.25) is 4.98 Å². The van der Waals surface area contributed by atoms with Crippen LogP contribution >= 0.6 is 0 Å². The van der Waals surface area contributed by atoms with Crippen molar-refractivity contribution in [2.75, 3.05) is 0 Å². The lowest BCUT2D eigenvalue weighted by Crippen LogP contribution is -1.97. The van der Waals surface area contributed by atoms with Crippen LogP contribution in [0.2, 0.25) is 0 Å². The summed E-state index contributed by atoms with van der Waals surface area (Å²) in [5.74, 6) is 0.651. The molecule has 0 radical (unpaired) electrons. The number of rotatable bonds is 6. The molecular weight excluding hydrogens is 697 g/mol. The molecule has 11 aromatic rings. The van der Waals surface area contributed by atoms with Gasteiger partial charge in [0.2, 0.25) is 0 Å². The largest absolute Gasteiger partial charge is 0.455 e. The number of nitrogens with zero attached hydrogens (tertiary/aromatic N) is 4. The average Bonchev–Trinajstić information content (AvgIpc) is 3.68. The Hall–Kier alpha value is -7.76. The molecule has 5 heteroatoms. The van der Waals surface area contributed by atoms with Crippen molar-refractivity contribution in [1.82, 2.24) is 19.9 Å². The predicted molar refractivity (Wildman–Crippen MR) is 233 cm³/mol. The summed E-state index contributed by atoms with van der Waals surface area (Å²) in [6, 6.07) is 64.9. The Balaban J connectivity index is 0.992. The Morgan fingerprint density at radius 1 is 0.351 bits per heavy atom. The van der Waals surface area contributed by atoms with Crippen LogP contribution in [0, 0.1) is 0 Å². The van der Waals surface area contributed by atoms with Gasteiger partial charge < -0.3 is 4.42 Å². The second-order valence-corrected chi connectivity index (χ2v) is 14.2. The minimum Gasteiger partial charge on any atom is -0.455 e. The van der Waals surface area contributed by atoms with E-state index in [1.165, 1.54) is 0 Å². The molecule has 0 aliphatic heterocycles. The molecule has 0 aliphatic carbocycles. The number of furan rings is 1. The average molecular weight is 729 g/mol. The normalized spacial score (nSPS) is 11.5. The van der Waals surface area contributed by atoms with Gasteiger partial charge in [0.15, 0.2) is 5.82 Å². The number of hydrogen-bond donors (Lipinski definition) is 0. The van der Waals surface area contributed by atoms with E-state index < -0.39 is 0 Å². The van der Waals surface area contributed by atoms with Gasteiger partial charge in [0.25, 0.3) is 0 Å². The molecule has 0 saturated carbocycles. The van der Waals surface area contributed by atoms with Gasteiger partial charge in [-0.25, -0.2) is 15.0 Å². The van der Waals surface area contributed by atoms with E-state index in [1.54, 1.807) is 6.20 Å². The molecule has 0 amide bonds. The maximum Gasteiger partial charge on any atom is 0.160 e. The molecule has 0 bridgehead atoms. The van der Waals surface area contributed by atoms with Crippen LogP contribution in [0.3, 0.4) is 0 Å². The molecule has 7 aromatic carbocycles. The number of para-hydroxylation sites is 2. The minimum absolute atomic E-state index is 0.651. The summed E-state index contributed by atoms with van der Waals surface area (Å²) in [4.78, 5) is 20.0. The van der Waals surface area contributed by atoms with Crippen molar-refractivity contribution in [3.63, 3.8) is 0 Å². The SMILES string of the molecule is c1ccc(-c2cccc(-c3nc(-c4ccc(-c5cccc(-c6nc7ccccc7c7c6ccc6c8ccccc8oc67)c5)cc4)cc(-c4ccccn4)n3)c2)cc1. The van der Waals surface area contributed by atoms with Gasteiger partial charge in [-0.2, -0.15) is 0 Å². The topological polar surface area (TPSA) is 64.7 Å². The molecule has 4 heterocycles. The number of fused-ring (bicyclic) bond motifs is 7. The first kappa shape index (κ1) is 32.7. The van der Waals surface area contributed by atoms with E-state index in [2.05, 4.69) is 145 Å². The molecule has 266 valence electrons. The van der Waals surface area contributed by atoms with E-state index in [0.29, 0.717) is 5.82 Å². The maximum atomic E-state index is 6.55. The van der Waals surface area contributed by atoms with Crippen molar-refractivity contribution in [2.45, 2.75) is 0 Å². The van der Waals surface area contributed by atoms with E-state index in [0.717, 1.165) is 105 Å². The highest BCUT2D eigenvalue weighted by molar-refractivity contribution is 6.24. The molecule has 0 atom stereocenters. The van der Waals surface area contributed by atoms with E-state index in [1.807, 2.05) is 48.5 Å². The summed E-state index contributed by atoms with van der Waals surface area (Å²) < 4.78 is 6.55. The van der Waals surface area contributed by atoms with E-state index in [9.17, 15) is 0 Å². The molecule has 4 aromatic heterocycles. The van der Waals surface area contributed by atoms with Gasteiger partial charge in [0, 0.05) is 49.8 Å². The van der Waals surface area contributed by atoms with Crippen LogP contribution in [0.4, 0.5) is 0 Å². The first-order chi connectivity index (χ1) is 28.2. The molecule has 5 nitrogen and oxygen atoms in total. The monoisotopic (exact) mass is 728 g/mol. The maximum absolute atomic E-state index is 6.55. The lowest BCUT2D eigenvalue weighted by molar-refractivity contribution is 0.673. The highest BCUT2D eigenvalue weighted by Crippen LogP contribution is 2.41. The summed E-state index contributed by atoms with van der Waals surface area (Å²) in [5, 5.41) is 5.45. The number of pyridine rings is 2. The second kappa shape index (κ2) is 13.5. The second-order valence-electron chi connectivity index (χ2n) is 14.2. The van der Waals surface area contributed by atoms with Crippen LogP contribution < -0.4 is 0 Å². The van der Waals surface area contributed by atoms with Gasteiger partial charge in [0.05, 0.1) is 28.3 Å². The van der Waals surface area contributed by atoms with Crippen molar-refractivity contribution in [3.05, 3.63) is 194 Å². The smallest absolute Gasteiger partial charge is 0.160 e. The zero-order valence-electron chi connectivity index (χ0n) is 30.7. The van der Waals surface area contributed by atoms with Crippen LogP contribution in [-0.2, 0) is 0 Å². The summed E-state index contributed by atoms with van der Waals surface area (Å²) in [7, 11) is 0. The van der Waals surface area contributed by atoms with E-state index >= 15 is 0 Å². The number of aromatic nitrogens is 4. The summed E-state index contributed by atoms with van der Waals surface area (Å²) in [6.07, 6.45) is 1.80. The Labute approximate surface area is 328 Å². The fourth-order valence-corrected chi connectivity index (χ4v) is 7.95. The van der Waals surface area contributed by atoms with Crippen molar-refractivity contribution in [2.24, 2.45) is 0 Å². The van der Waals surface area contributed by atoms with E-state index in [4.69, 9.17) is 19.4 Å². The fraction of sp³-hybridized carbons (Fsp3) is 0. The first-order valence-electron chi connectivity index (χ1n) is 19.0. The number of hydrogen-bond acceptors (Lipinski definition) is 5. The van der Waals surface area contributed by atoms with Gasteiger partial charge in [-0.1, -0.05) is 140 Å². The Bertz CT molecular complexity index is 3280. The van der Waals surface area contributed by atoms with Gasteiger partial charge in [0.1, 0.15) is 11.2 Å². The highest BCUT2D eigenvalue weighted by Gasteiger charge is 2.18. The molecule has 0 fully saturated rings. The quantitative estimate of drug-likeness (QED) is 0.160. The lowest BCUT2D eigenvalue weighted by Gasteiger charge is -2.12. The first-order valence-corrected chi connectivity index (χ1v) is 19.0. The Morgan fingerprint density at radius 3 is 1.81 bits per heavy atom. The summed E-state index contributed by atoms with van der Waals surface area (Å²) >= 11 is 0. The van der Waals surface area contributed by atoms with Gasteiger partial charge in [-0.05, 0) is 70.8 Å². The van der Waals surface area contributed by atoms with Crippen LogP contribution in [0.15, 0.2) is 199 Å². The fourth-order valence-electron chi connectivity index (χ4n) is 7.95.